The number of amides is 1. The first-order chi connectivity index (χ1) is 13.5. The fraction of sp³-hybridized carbons (Fsp3) is 0.471. The maximum atomic E-state index is 13.1. The highest BCUT2D eigenvalue weighted by Gasteiger charge is 2.28. The number of nitrogens with one attached hydrogen (secondary N) is 2. The lowest BCUT2D eigenvalue weighted by Crippen LogP contribution is -2.50. The van der Waals surface area contributed by atoms with E-state index in [0.717, 1.165) is 29.6 Å². The van der Waals surface area contributed by atoms with Crippen molar-refractivity contribution in [2.75, 3.05) is 26.2 Å². The van der Waals surface area contributed by atoms with Crippen LogP contribution in [0.5, 0.6) is 0 Å². The Kier molecular flexibility index (Phi) is 5.38. The zero-order valence-electron chi connectivity index (χ0n) is 15.8. The van der Waals surface area contributed by atoms with Gasteiger partial charge in [0.2, 0.25) is 5.91 Å². The zero-order valence-corrected chi connectivity index (χ0v) is 17.4. The Morgan fingerprint density at radius 2 is 2.07 bits per heavy atom. The second-order valence-electron chi connectivity index (χ2n) is 6.81. The second-order valence-corrected chi connectivity index (χ2v) is 8.15. The molecule has 0 bridgehead atoms. The number of hydrogen-bond acceptors (Lipinski definition) is 7. The third-order valence-corrected chi connectivity index (χ3v) is 6.04. The first kappa shape index (κ1) is 19.0. The number of aromatic nitrogens is 6. The lowest BCUT2D eigenvalue weighted by atomic mass is 10.2. The van der Waals surface area contributed by atoms with Gasteiger partial charge >= 0.3 is 0 Å². The Balaban J connectivity index is 1.42. The Hall–Kier alpha value is -2.37. The number of aryl methyl sites for hydroxylation is 1. The molecule has 0 spiro atoms. The minimum absolute atomic E-state index is 0.0590. The maximum absolute atomic E-state index is 13.1. The summed E-state index contributed by atoms with van der Waals surface area (Å²) in [5, 5.41) is 16.2. The van der Waals surface area contributed by atoms with Crippen molar-refractivity contribution in [1.82, 2.24) is 39.7 Å². The molecule has 0 aromatic carbocycles. The molecule has 1 unspecified atom stereocenters. The van der Waals surface area contributed by atoms with Gasteiger partial charge in [0.25, 0.3) is 0 Å². The van der Waals surface area contributed by atoms with Crippen molar-refractivity contribution in [2.24, 2.45) is 0 Å². The number of nitrogens with zero attached hydrogens (tertiary/aromatic N) is 6. The molecule has 3 aromatic rings. The van der Waals surface area contributed by atoms with E-state index in [1.165, 1.54) is 0 Å². The Morgan fingerprint density at radius 1 is 1.29 bits per heavy atom. The SMILES string of the molecule is Cc1nc(CN2CCN(C(=O)C(C)n3c(-c4cccs4)n[nH]c3=S)CC2)n[nH]1. The Morgan fingerprint density at radius 3 is 2.71 bits per heavy atom. The second kappa shape index (κ2) is 7.94. The highest BCUT2D eigenvalue weighted by Crippen LogP contribution is 2.26. The summed E-state index contributed by atoms with van der Waals surface area (Å²) in [7, 11) is 0. The van der Waals surface area contributed by atoms with Gasteiger partial charge in [-0.25, -0.2) is 4.98 Å². The molecule has 28 heavy (non-hydrogen) atoms. The highest BCUT2D eigenvalue weighted by atomic mass is 32.1. The van der Waals surface area contributed by atoms with Gasteiger partial charge in [-0.05, 0) is 37.5 Å². The lowest BCUT2D eigenvalue weighted by Gasteiger charge is -2.35. The van der Waals surface area contributed by atoms with Crippen molar-refractivity contribution < 1.29 is 4.79 Å². The van der Waals surface area contributed by atoms with Crippen molar-refractivity contribution in [2.45, 2.75) is 26.4 Å². The molecule has 3 aromatic heterocycles. The summed E-state index contributed by atoms with van der Waals surface area (Å²) < 4.78 is 2.27. The van der Waals surface area contributed by atoms with Crippen LogP contribution in [0.2, 0.25) is 0 Å². The van der Waals surface area contributed by atoms with Gasteiger partial charge < -0.3 is 4.90 Å². The van der Waals surface area contributed by atoms with E-state index in [1.807, 2.05) is 40.8 Å². The minimum atomic E-state index is -0.412. The standard InChI is InChI=1S/C17H22N8OS2/c1-11(25-15(21-22-17(25)27)13-4-3-9-28-13)16(26)24-7-5-23(6-8-24)10-14-18-12(2)19-20-14/h3-4,9,11H,5-8,10H2,1-2H3,(H,22,27)(H,18,19,20). The smallest absolute Gasteiger partial charge is 0.245 e. The van der Waals surface area contributed by atoms with E-state index < -0.39 is 6.04 Å². The van der Waals surface area contributed by atoms with Gasteiger partial charge in [-0.1, -0.05) is 6.07 Å². The molecule has 1 aliphatic rings. The number of carbonyl (C=O) groups is 1. The van der Waals surface area contributed by atoms with E-state index >= 15 is 0 Å². The molecular formula is C17H22N8OS2. The van der Waals surface area contributed by atoms with Crippen molar-refractivity contribution in [3.8, 4) is 10.7 Å². The van der Waals surface area contributed by atoms with Crippen LogP contribution in [0, 0.1) is 11.7 Å². The largest absolute Gasteiger partial charge is 0.338 e. The molecule has 1 atom stereocenters. The normalized spacial score (nSPS) is 16.4. The van der Waals surface area contributed by atoms with Gasteiger partial charge in [-0.3, -0.25) is 24.5 Å². The molecule has 11 heteroatoms. The summed E-state index contributed by atoms with van der Waals surface area (Å²) >= 11 is 6.97. The Labute approximate surface area is 171 Å². The number of thiophene rings is 1. The summed E-state index contributed by atoms with van der Waals surface area (Å²) in [5.74, 6) is 2.37. The molecule has 1 aliphatic heterocycles. The third-order valence-electron chi connectivity index (χ3n) is 4.88. The molecule has 0 radical (unpaired) electrons. The molecule has 1 amide bonds. The van der Waals surface area contributed by atoms with Gasteiger partial charge in [-0.2, -0.15) is 10.2 Å². The minimum Gasteiger partial charge on any atom is -0.338 e. The average Bonchev–Trinajstić information content (AvgIpc) is 3.43. The van der Waals surface area contributed by atoms with Crippen LogP contribution in [0.25, 0.3) is 10.7 Å². The van der Waals surface area contributed by atoms with Crippen molar-refractivity contribution >= 4 is 29.5 Å². The number of piperazine rings is 1. The van der Waals surface area contributed by atoms with E-state index in [0.29, 0.717) is 30.2 Å². The Bertz CT molecular complexity index is 997. The van der Waals surface area contributed by atoms with Crippen LogP contribution in [-0.4, -0.2) is 71.8 Å². The number of hydrogen-bond donors (Lipinski definition) is 2. The predicted molar refractivity (Wildman–Crippen MR) is 108 cm³/mol. The molecule has 0 aliphatic carbocycles. The van der Waals surface area contributed by atoms with E-state index in [2.05, 4.69) is 30.3 Å². The van der Waals surface area contributed by atoms with E-state index in [-0.39, 0.29) is 5.91 Å². The van der Waals surface area contributed by atoms with E-state index in [1.54, 1.807) is 11.3 Å². The van der Waals surface area contributed by atoms with Crippen LogP contribution in [-0.2, 0) is 11.3 Å². The molecule has 1 saturated heterocycles. The summed E-state index contributed by atoms with van der Waals surface area (Å²) in [5.41, 5.74) is 0. The quantitative estimate of drug-likeness (QED) is 0.615. The van der Waals surface area contributed by atoms with Crippen LogP contribution in [0.4, 0.5) is 0 Å². The highest BCUT2D eigenvalue weighted by molar-refractivity contribution is 7.71. The monoisotopic (exact) mass is 418 g/mol. The molecule has 4 heterocycles. The van der Waals surface area contributed by atoms with Gasteiger partial charge in [0.05, 0.1) is 11.4 Å². The summed E-state index contributed by atoms with van der Waals surface area (Å²) in [6.07, 6.45) is 0. The van der Waals surface area contributed by atoms with Gasteiger partial charge in [0.1, 0.15) is 11.9 Å². The fourth-order valence-corrected chi connectivity index (χ4v) is 4.40. The molecule has 2 N–H and O–H groups in total. The molecule has 9 nitrogen and oxygen atoms in total. The van der Waals surface area contributed by atoms with E-state index in [9.17, 15) is 4.79 Å². The van der Waals surface area contributed by atoms with Crippen LogP contribution in [0.15, 0.2) is 17.5 Å². The summed E-state index contributed by atoms with van der Waals surface area (Å²) in [6, 6.07) is 3.53. The first-order valence-electron chi connectivity index (χ1n) is 9.12. The number of aromatic amines is 2. The molecule has 1 fully saturated rings. The van der Waals surface area contributed by atoms with Crippen LogP contribution in [0.3, 0.4) is 0 Å². The summed E-state index contributed by atoms with van der Waals surface area (Å²) in [4.78, 5) is 22.6. The van der Waals surface area contributed by atoms with Crippen LogP contribution < -0.4 is 0 Å². The number of H-pyrrole nitrogens is 2. The summed E-state index contributed by atoms with van der Waals surface area (Å²) in [6.45, 7) is 7.39. The van der Waals surface area contributed by atoms with Gasteiger partial charge in [0, 0.05) is 26.2 Å². The molecule has 148 valence electrons. The topological polar surface area (TPSA) is 98.7 Å². The van der Waals surface area contributed by atoms with Crippen molar-refractivity contribution in [1.29, 1.82) is 0 Å². The van der Waals surface area contributed by atoms with Gasteiger partial charge in [0.15, 0.2) is 16.4 Å². The van der Waals surface area contributed by atoms with Gasteiger partial charge in [-0.15, -0.1) is 11.3 Å². The number of carbonyl (C=O) groups excluding carboxylic acids is 1. The van der Waals surface area contributed by atoms with Crippen molar-refractivity contribution in [3.05, 3.63) is 33.9 Å². The fourth-order valence-electron chi connectivity index (χ4n) is 3.40. The first-order valence-corrected chi connectivity index (χ1v) is 10.4. The lowest BCUT2D eigenvalue weighted by molar-refractivity contribution is -0.136. The van der Waals surface area contributed by atoms with Crippen LogP contribution >= 0.6 is 23.6 Å². The van der Waals surface area contributed by atoms with E-state index in [4.69, 9.17) is 12.2 Å². The number of rotatable bonds is 5. The molecule has 0 saturated carbocycles. The van der Waals surface area contributed by atoms with Crippen LogP contribution in [0.1, 0.15) is 24.6 Å². The zero-order chi connectivity index (χ0) is 19.7. The third kappa shape index (κ3) is 3.77. The van der Waals surface area contributed by atoms with Crippen molar-refractivity contribution in [3.63, 3.8) is 0 Å². The maximum Gasteiger partial charge on any atom is 0.245 e. The molecular weight excluding hydrogens is 396 g/mol. The molecule has 4 rings (SSSR count). The average molecular weight is 419 g/mol. The predicted octanol–water partition coefficient (Wildman–Crippen LogP) is 2.00.